The minimum Gasteiger partial charge on any atom is -0.310 e. The topological polar surface area (TPSA) is 8.17 Å². The van der Waals surface area contributed by atoms with Crippen LogP contribution >= 0.6 is 0 Å². The number of para-hydroxylation sites is 3. The SMILES string of the molecule is c1ccc(-c2ccc(-n3c4ccccc4c4cc(-c5ccc(-c6ccccc6N(c6ccccc6)c6ccc7c(c6)C(c6ccccc6)(c6ccccc6)c6ccccc6-7)cc5)ccc43)cc2)cc1. The molecule has 2 nitrogen and oxygen atoms in total. The summed E-state index contributed by atoms with van der Waals surface area (Å²) in [6, 6.07) is 102. The lowest BCUT2D eigenvalue weighted by molar-refractivity contribution is 0.768. The fraction of sp³-hybridized carbons (Fsp3) is 0.0149. The first-order chi connectivity index (χ1) is 34.2. The standard InChI is InChI=1S/C67H46N2/c1-5-19-47(20-6-1)48-37-40-55(41-38-48)69-65-32-18-15-29-60(65)61-45-51(39-44-66(61)69)49-33-35-50(36-34-49)57-27-14-17-31-64(57)68(54-25-11-4-12-26-54)56-42-43-59-58-28-13-16-30-62(58)67(63(59)46-56,52-21-7-2-8-22-52)53-23-9-3-10-24-53/h1-46H. The van der Waals surface area contributed by atoms with Crippen LogP contribution in [0.2, 0.25) is 0 Å². The Kier molecular flexibility index (Phi) is 9.77. The van der Waals surface area contributed by atoms with E-state index in [1.54, 1.807) is 0 Å². The van der Waals surface area contributed by atoms with Crippen molar-refractivity contribution in [3.63, 3.8) is 0 Å². The van der Waals surface area contributed by atoms with Crippen molar-refractivity contribution in [2.24, 2.45) is 0 Å². The lowest BCUT2D eigenvalue weighted by Gasteiger charge is -2.35. The molecule has 0 fully saturated rings. The Morgan fingerprint density at radius 2 is 0.797 bits per heavy atom. The van der Waals surface area contributed by atoms with Crippen LogP contribution < -0.4 is 4.90 Å². The molecule has 0 spiro atoms. The lowest BCUT2D eigenvalue weighted by Crippen LogP contribution is -2.28. The van der Waals surface area contributed by atoms with Crippen LogP contribution in [-0.4, -0.2) is 4.57 Å². The van der Waals surface area contributed by atoms with E-state index in [0.29, 0.717) is 0 Å². The van der Waals surface area contributed by atoms with E-state index in [1.165, 1.54) is 77.4 Å². The number of anilines is 3. The van der Waals surface area contributed by atoms with Crippen LogP contribution in [0.1, 0.15) is 22.3 Å². The first-order valence-electron chi connectivity index (χ1n) is 23.8. The maximum absolute atomic E-state index is 2.45. The molecule has 69 heavy (non-hydrogen) atoms. The third-order valence-corrected chi connectivity index (χ3v) is 14.3. The van der Waals surface area contributed by atoms with Crippen molar-refractivity contribution in [1.82, 2.24) is 4.57 Å². The second-order valence-electron chi connectivity index (χ2n) is 18.0. The van der Waals surface area contributed by atoms with E-state index < -0.39 is 5.41 Å². The van der Waals surface area contributed by atoms with Gasteiger partial charge in [-0.25, -0.2) is 0 Å². The summed E-state index contributed by atoms with van der Waals surface area (Å²) in [5.41, 5.74) is 21.1. The summed E-state index contributed by atoms with van der Waals surface area (Å²) in [5, 5.41) is 2.48. The molecule has 0 N–H and O–H groups in total. The molecule has 0 radical (unpaired) electrons. The molecule has 13 rings (SSSR count). The summed E-state index contributed by atoms with van der Waals surface area (Å²) in [6.45, 7) is 0. The van der Waals surface area contributed by atoms with Crippen molar-refractivity contribution in [1.29, 1.82) is 0 Å². The minimum atomic E-state index is -0.506. The van der Waals surface area contributed by atoms with Crippen molar-refractivity contribution in [3.05, 3.63) is 301 Å². The van der Waals surface area contributed by atoms with E-state index in [1.807, 2.05) is 0 Å². The van der Waals surface area contributed by atoms with Gasteiger partial charge < -0.3 is 9.47 Å². The summed E-state index contributed by atoms with van der Waals surface area (Å²) >= 11 is 0. The van der Waals surface area contributed by atoms with Gasteiger partial charge in [-0.2, -0.15) is 0 Å². The summed E-state index contributed by atoms with van der Waals surface area (Å²) in [7, 11) is 0. The number of fused-ring (bicyclic) bond motifs is 6. The number of hydrogen-bond acceptors (Lipinski definition) is 1. The van der Waals surface area contributed by atoms with Crippen molar-refractivity contribution in [2.75, 3.05) is 4.90 Å². The van der Waals surface area contributed by atoms with Gasteiger partial charge in [-0.1, -0.05) is 218 Å². The highest BCUT2D eigenvalue weighted by Gasteiger charge is 2.46. The number of benzene rings is 11. The highest BCUT2D eigenvalue weighted by molar-refractivity contribution is 6.10. The number of aromatic nitrogens is 1. The maximum atomic E-state index is 2.45. The molecule has 0 unspecified atom stereocenters. The highest BCUT2D eigenvalue weighted by Crippen LogP contribution is 2.57. The summed E-state index contributed by atoms with van der Waals surface area (Å²) in [5.74, 6) is 0. The molecule has 2 heteroatoms. The maximum Gasteiger partial charge on any atom is 0.0714 e. The van der Waals surface area contributed by atoms with Gasteiger partial charge in [0.2, 0.25) is 0 Å². The zero-order valence-electron chi connectivity index (χ0n) is 38.0. The normalized spacial score (nSPS) is 12.5. The molecule has 0 atom stereocenters. The average Bonchev–Trinajstić information content (AvgIpc) is 3.92. The first kappa shape index (κ1) is 40.3. The second kappa shape index (κ2) is 16.7. The molecule has 0 aliphatic heterocycles. The van der Waals surface area contributed by atoms with Crippen LogP contribution in [0.5, 0.6) is 0 Å². The molecule has 1 aliphatic rings. The van der Waals surface area contributed by atoms with Crippen LogP contribution in [0.4, 0.5) is 17.1 Å². The fourth-order valence-corrected chi connectivity index (χ4v) is 11.2. The van der Waals surface area contributed by atoms with Gasteiger partial charge in [-0.05, 0) is 122 Å². The van der Waals surface area contributed by atoms with Gasteiger partial charge >= 0.3 is 0 Å². The second-order valence-corrected chi connectivity index (χ2v) is 18.0. The predicted octanol–water partition coefficient (Wildman–Crippen LogP) is 17.6. The minimum absolute atomic E-state index is 0.506. The van der Waals surface area contributed by atoms with E-state index >= 15 is 0 Å². The molecule has 0 saturated heterocycles. The Morgan fingerprint density at radius 1 is 0.290 bits per heavy atom. The van der Waals surface area contributed by atoms with Crippen LogP contribution in [0.15, 0.2) is 279 Å². The third-order valence-electron chi connectivity index (χ3n) is 14.3. The van der Waals surface area contributed by atoms with Crippen molar-refractivity contribution in [3.8, 4) is 50.2 Å². The molecular formula is C67H46N2. The quantitative estimate of drug-likeness (QED) is 0.140. The van der Waals surface area contributed by atoms with Gasteiger partial charge in [-0.15, -0.1) is 0 Å². The Hall–Kier alpha value is -8.98. The summed E-state index contributed by atoms with van der Waals surface area (Å²) in [6.07, 6.45) is 0. The fourth-order valence-electron chi connectivity index (χ4n) is 11.2. The van der Waals surface area contributed by atoms with E-state index in [4.69, 9.17) is 0 Å². The van der Waals surface area contributed by atoms with E-state index in [2.05, 4.69) is 289 Å². The van der Waals surface area contributed by atoms with Crippen molar-refractivity contribution >= 4 is 38.9 Å². The number of nitrogens with zero attached hydrogens (tertiary/aromatic N) is 2. The van der Waals surface area contributed by atoms with E-state index in [-0.39, 0.29) is 0 Å². The van der Waals surface area contributed by atoms with E-state index in [9.17, 15) is 0 Å². The average molecular weight is 879 g/mol. The molecule has 0 saturated carbocycles. The lowest BCUT2D eigenvalue weighted by atomic mass is 9.67. The smallest absolute Gasteiger partial charge is 0.0714 e. The zero-order valence-corrected chi connectivity index (χ0v) is 38.0. The molecular weight excluding hydrogens is 833 g/mol. The molecule has 1 aromatic heterocycles. The molecule has 1 aliphatic carbocycles. The van der Waals surface area contributed by atoms with E-state index in [0.717, 1.165) is 33.9 Å². The van der Waals surface area contributed by atoms with Gasteiger partial charge in [-0.3, -0.25) is 0 Å². The zero-order chi connectivity index (χ0) is 45.7. The van der Waals surface area contributed by atoms with Gasteiger partial charge in [0.25, 0.3) is 0 Å². The molecule has 0 amide bonds. The van der Waals surface area contributed by atoms with Crippen molar-refractivity contribution < 1.29 is 0 Å². The van der Waals surface area contributed by atoms with Gasteiger partial charge in [0.1, 0.15) is 0 Å². The van der Waals surface area contributed by atoms with Gasteiger partial charge in [0.05, 0.1) is 22.1 Å². The molecule has 12 aromatic rings. The third kappa shape index (κ3) is 6.64. The largest absolute Gasteiger partial charge is 0.310 e. The number of rotatable bonds is 9. The number of hydrogen-bond donors (Lipinski definition) is 0. The first-order valence-corrected chi connectivity index (χ1v) is 23.8. The Bertz CT molecular complexity index is 3760. The molecule has 11 aromatic carbocycles. The Labute approximate surface area is 403 Å². The van der Waals surface area contributed by atoms with Crippen molar-refractivity contribution in [2.45, 2.75) is 5.41 Å². The molecule has 1 heterocycles. The van der Waals surface area contributed by atoms with Crippen LogP contribution in [0.3, 0.4) is 0 Å². The van der Waals surface area contributed by atoms with Crippen LogP contribution in [-0.2, 0) is 5.41 Å². The summed E-state index contributed by atoms with van der Waals surface area (Å²) in [4.78, 5) is 2.44. The van der Waals surface area contributed by atoms with Gasteiger partial charge in [0, 0.05) is 33.4 Å². The Morgan fingerprint density at radius 3 is 1.52 bits per heavy atom. The van der Waals surface area contributed by atoms with Gasteiger partial charge in [0.15, 0.2) is 0 Å². The predicted molar refractivity (Wildman–Crippen MR) is 289 cm³/mol. The summed E-state index contributed by atoms with van der Waals surface area (Å²) < 4.78 is 2.39. The monoisotopic (exact) mass is 878 g/mol. The highest BCUT2D eigenvalue weighted by atomic mass is 15.1. The Balaban J connectivity index is 0.903. The van der Waals surface area contributed by atoms with Crippen LogP contribution in [0, 0.1) is 0 Å². The molecule has 0 bridgehead atoms. The van der Waals surface area contributed by atoms with Crippen LogP contribution in [0.25, 0.3) is 72.0 Å². The molecule has 324 valence electrons.